The quantitative estimate of drug-likeness (QED) is 0.828. The molecule has 2 N–H and O–H groups in total. The average Bonchev–Trinajstić information content (AvgIpc) is 2.84. The van der Waals surface area contributed by atoms with Crippen LogP contribution in [0.1, 0.15) is 12.8 Å². The molecule has 0 radical (unpaired) electrons. The Hall–Kier alpha value is -1.27. The summed E-state index contributed by atoms with van der Waals surface area (Å²) in [6.45, 7) is 1.30. The van der Waals surface area contributed by atoms with Crippen LogP contribution in [0.4, 0.5) is 14.5 Å². The van der Waals surface area contributed by atoms with Crippen LogP contribution in [-0.2, 0) is 4.74 Å². The van der Waals surface area contributed by atoms with Crippen LogP contribution in [0.25, 0.3) is 0 Å². The molecule has 0 amide bonds. The molecule has 1 atom stereocenters. The van der Waals surface area contributed by atoms with Crippen molar-refractivity contribution in [1.82, 2.24) is 5.32 Å². The van der Waals surface area contributed by atoms with Crippen molar-refractivity contribution in [2.24, 2.45) is 0 Å². The number of hydrogen-bond acceptors (Lipinski definition) is 2. The first kappa shape index (κ1) is 13.2. The maximum Gasteiger partial charge on any atom is 0.171 e. The fourth-order valence-corrected chi connectivity index (χ4v) is 1.97. The summed E-state index contributed by atoms with van der Waals surface area (Å²) in [5.41, 5.74) is -0.234. The van der Waals surface area contributed by atoms with Gasteiger partial charge >= 0.3 is 0 Å². The number of ether oxygens (including phenoxy) is 1. The number of thiocarbonyl (C=S) groups is 1. The van der Waals surface area contributed by atoms with Crippen LogP contribution >= 0.6 is 12.2 Å². The summed E-state index contributed by atoms with van der Waals surface area (Å²) in [5.74, 6) is -1.34. The second-order valence-electron chi connectivity index (χ2n) is 4.07. The fraction of sp³-hybridized carbons (Fsp3) is 0.417. The van der Waals surface area contributed by atoms with Gasteiger partial charge in [-0.2, -0.15) is 0 Å². The number of anilines is 1. The highest BCUT2D eigenvalue weighted by Gasteiger charge is 2.16. The smallest absolute Gasteiger partial charge is 0.171 e. The van der Waals surface area contributed by atoms with Crippen molar-refractivity contribution in [3.05, 3.63) is 29.8 Å². The lowest BCUT2D eigenvalue weighted by Crippen LogP contribution is -2.35. The van der Waals surface area contributed by atoms with E-state index in [1.54, 1.807) is 0 Å². The molecule has 1 aliphatic heterocycles. The van der Waals surface area contributed by atoms with Crippen molar-refractivity contribution in [2.45, 2.75) is 18.9 Å². The Morgan fingerprint density at radius 2 is 2.11 bits per heavy atom. The number of nitrogens with one attached hydrogen (secondary N) is 2. The van der Waals surface area contributed by atoms with E-state index in [2.05, 4.69) is 10.6 Å². The number of benzene rings is 1. The van der Waals surface area contributed by atoms with Crippen LogP contribution in [-0.4, -0.2) is 24.4 Å². The largest absolute Gasteiger partial charge is 0.376 e. The van der Waals surface area contributed by atoms with Gasteiger partial charge in [-0.1, -0.05) is 6.07 Å². The monoisotopic (exact) mass is 272 g/mol. The van der Waals surface area contributed by atoms with Gasteiger partial charge in [0, 0.05) is 13.2 Å². The molecule has 1 aliphatic rings. The zero-order chi connectivity index (χ0) is 13.0. The Morgan fingerprint density at radius 1 is 1.39 bits per heavy atom. The molecule has 2 rings (SSSR count). The number of para-hydroxylation sites is 1. The lowest BCUT2D eigenvalue weighted by Gasteiger charge is -2.14. The van der Waals surface area contributed by atoms with E-state index < -0.39 is 11.6 Å². The molecule has 0 bridgehead atoms. The van der Waals surface area contributed by atoms with Gasteiger partial charge in [0.2, 0.25) is 0 Å². The van der Waals surface area contributed by atoms with E-state index in [0.29, 0.717) is 6.54 Å². The predicted molar refractivity (Wildman–Crippen MR) is 69.6 cm³/mol. The number of halogens is 2. The van der Waals surface area contributed by atoms with E-state index in [1.807, 2.05) is 0 Å². The van der Waals surface area contributed by atoms with E-state index in [9.17, 15) is 8.78 Å². The molecular weight excluding hydrogens is 258 g/mol. The highest BCUT2D eigenvalue weighted by Crippen LogP contribution is 2.17. The van der Waals surface area contributed by atoms with Crippen molar-refractivity contribution in [2.75, 3.05) is 18.5 Å². The minimum Gasteiger partial charge on any atom is -0.376 e. The molecule has 98 valence electrons. The maximum absolute atomic E-state index is 13.3. The standard InChI is InChI=1S/C12H14F2N2OS/c13-9-4-1-5-10(14)11(9)16-12(18)15-7-8-3-2-6-17-8/h1,4-5,8H,2-3,6-7H2,(H2,15,16,18)/t8-/m1/s1. The molecule has 0 aliphatic carbocycles. The summed E-state index contributed by atoms with van der Waals surface area (Å²) in [5, 5.41) is 5.60. The molecule has 0 aromatic heterocycles. The molecule has 3 nitrogen and oxygen atoms in total. The van der Waals surface area contributed by atoms with Crippen LogP contribution < -0.4 is 10.6 Å². The third kappa shape index (κ3) is 3.36. The van der Waals surface area contributed by atoms with Gasteiger partial charge in [-0.25, -0.2) is 8.78 Å². The Kier molecular flexibility index (Phi) is 4.43. The Morgan fingerprint density at radius 3 is 2.72 bits per heavy atom. The average molecular weight is 272 g/mol. The third-order valence-electron chi connectivity index (χ3n) is 2.72. The fourth-order valence-electron chi connectivity index (χ4n) is 1.79. The highest BCUT2D eigenvalue weighted by molar-refractivity contribution is 7.80. The normalized spacial score (nSPS) is 18.7. The predicted octanol–water partition coefficient (Wildman–Crippen LogP) is 2.43. The Bertz CT molecular complexity index is 416. The molecule has 1 aromatic carbocycles. The minimum absolute atomic E-state index is 0.121. The van der Waals surface area contributed by atoms with E-state index in [4.69, 9.17) is 17.0 Å². The molecule has 6 heteroatoms. The molecule has 0 unspecified atom stereocenters. The summed E-state index contributed by atoms with van der Waals surface area (Å²) in [4.78, 5) is 0. The molecule has 0 saturated carbocycles. The van der Waals surface area contributed by atoms with Crippen LogP contribution in [0.2, 0.25) is 0 Å². The second kappa shape index (κ2) is 6.06. The van der Waals surface area contributed by atoms with Gasteiger partial charge in [0.1, 0.15) is 17.3 Å². The summed E-state index contributed by atoms with van der Waals surface area (Å²) in [6.07, 6.45) is 2.13. The molecule has 1 heterocycles. The molecule has 1 aromatic rings. The summed E-state index contributed by atoms with van der Waals surface area (Å²) in [6, 6.07) is 3.65. The second-order valence-corrected chi connectivity index (χ2v) is 4.47. The molecular formula is C12H14F2N2OS. The van der Waals surface area contributed by atoms with Crippen LogP contribution in [0.15, 0.2) is 18.2 Å². The van der Waals surface area contributed by atoms with E-state index in [1.165, 1.54) is 18.2 Å². The first-order chi connectivity index (χ1) is 8.66. The molecule has 18 heavy (non-hydrogen) atoms. The zero-order valence-electron chi connectivity index (χ0n) is 9.71. The van der Waals surface area contributed by atoms with Crippen molar-refractivity contribution in [3.8, 4) is 0 Å². The summed E-state index contributed by atoms with van der Waals surface area (Å²) in [7, 11) is 0. The van der Waals surface area contributed by atoms with E-state index in [0.717, 1.165) is 19.4 Å². The lowest BCUT2D eigenvalue weighted by molar-refractivity contribution is 0.114. The molecule has 1 saturated heterocycles. The van der Waals surface area contributed by atoms with Crippen LogP contribution in [0.3, 0.4) is 0 Å². The molecule has 0 spiro atoms. The van der Waals surface area contributed by atoms with Gasteiger partial charge in [0.25, 0.3) is 0 Å². The van der Waals surface area contributed by atoms with Gasteiger partial charge in [-0.15, -0.1) is 0 Å². The van der Waals surface area contributed by atoms with E-state index >= 15 is 0 Å². The first-order valence-corrected chi connectivity index (χ1v) is 6.18. The van der Waals surface area contributed by atoms with Crippen molar-refractivity contribution in [1.29, 1.82) is 0 Å². The van der Waals surface area contributed by atoms with Crippen molar-refractivity contribution in [3.63, 3.8) is 0 Å². The van der Waals surface area contributed by atoms with Gasteiger partial charge in [-0.3, -0.25) is 0 Å². The van der Waals surface area contributed by atoms with Gasteiger partial charge in [0.05, 0.1) is 6.10 Å². The Labute approximate surface area is 110 Å². The van der Waals surface area contributed by atoms with Crippen molar-refractivity contribution < 1.29 is 13.5 Å². The number of rotatable bonds is 3. The SMILES string of the molecule is Fc1cccc(F)c1NC(=S)NC[C@H]1CCCO1. The van der Waals surface area contributed by atoms with Crippen LogP contribution in [0.5, 0.6) is 0 Å². The lowest BCUT2D eigenvalue weighted by atomic mass is 10.2. The van der Waals surface area contributed by atoms with Gasteiger partial charge < -0.3 is 15.4 Å². The minimum atomic E-state index is -0.670. The summed E-state index contributed by atoms with van der Waals surface area (Å²) >= 11 is 4.98. The van der Waals surface area contributed by atoms with Gasteiger partial charge in [0.15, 0.2) is 5.11 Å². The Balaban J connectivity index is 1.86. The maximum atomic E-state index is 13.3. The topological polar surface area (TPSA) is 33.3 Å². The zero-order valence-corrected chi connectivity index (χ0v) is 10.5. The van der Waals surface area contributed by atoms with Crippen molar-refractivity contribution >= 4 is 23.0 Å². The number of hydrogen-bond donors (Lipinski definition) is 2. The third-order valence-corrected chi connectivity index (χ3v) is 2.96. The van der Waals surface area contributed by atoms with E-state index in [-0.39, 0.29) is 16.9 Å². The van der Waals surface area contributed by atoms with Crippen LogP contribution in [0, 0.1) is 11.6 Å². The summed E-state index contributed by atoms with van der Waals surface area (Å²) < 4.78 is 32.1. The molecule has 1 fully saturated rings. The highest BCUT2D eigenvalue weighted by atomic mass is 32.1. The first-order valence-electron chi connectivity index (χ1n) is 5.77. The van der Waals surface area contributed by atoms with Gasteiger partial charge in [-0.05, 0) is 37.2 Å².